The minimum atomic E-state index is -0.908. The van der Waals surface area contributed by atoms with Gasteiger partial charge in [-0.15, -0.1) is 0 Å². The van der Waals surface area contributed by atoms with Gasteiger partial charge in [-0.25, -0.2) is 4.79 Å². The molecule has 0 aromatic carbocycles. The van der Waals surface area contributed by atoms with E-state index in [1.807, 2.05) is 0 Å². The highest BCUT2D eigenvalue weighted by Gasteiger charge is 2.31. The molecule has 1 aliphatic carbocycles. The van der Waals surface area contributed by atoms with Crippen molar-refractivity contribution in [1.82, 2.24) is 10.6 Å². The standard InChI is InChI=1S/C14H26N2O4/c1-20-10-8-14(6-3-2-4-7-14)11-16-13(19)15-9-5-12(17)18/h2-11H2,1H3,(H,17,18)(H2,15,16,19). The van der Waals surface area contributed by atoms with Crippen molar-refractivity contribution >= 4 is 12.0 Å². The summed E-state index contributed by atoms with van der Waals surface area (Å²) >= 11 is 0. The monoisotopic (exact) mass is 286 g/mol. The number of amides is 2. The molecule has 6 heteroatoms. The molecule has 1 fully saturated rings. The number of hydrogen-bond donors (Lipinski definition) is 3. The Balaban J connectivity index is 2.33. The number of nitrogens with one attached hydrogen (secondary N) is 2. The van der Waals surface area contributed by atoms with Crippen LogP contribution in [0, 0.1) is 5.41 Å². The van der Waals surface area contributed by atoms with Crippen molar-refractivity contribution in [2.24, 2.45) is 5.41 Å². The predicted molar refractivity (Wildman–Crippen MR) is 75.7 cm³/mol. The van der Waals surface area contributed by atoms with E-state index >= 15 is 0 Å². The lowest BCUT2D eigenvalue weighted by atomic mass is 9.72. The minimum Gasteiger partial charge on any atom is -0.481 e. The van der Waals surface area contributed by atoms with Crippen molar-refractivity contribution in [2.45, 2.75) is 44.9 Å². The van der Waals surface area contributed by atoms with Gasteiger partial charge in [0.05, 0.1) is 6.42 Å². The smallest absolute Gasteiger partial charge is 0.314 e. The Labute approximate surface area is 120 Å². The summed E-state index contributed by atoms with van der Waals surface area (Å²) in [5, 5.41) is 14.0. The normalized spacial score (nSPS) is 17.4. The number of carboxylic acids is 1. The summed E-state index contributed by atoms with van der Waals surface area (Å²) in [4.78, 5) is 22.0. The second-order valence-corrected chi connectivity index (χ2v) is 5.56. The molecule has 0 bridgehead atoms. The van der Waals surface area contributed by atoms with E-state index in [4.69, 9.17) is 9.84 Å². The second kappa shape index (κ2) is 8.79. The molecule has 0 saturated heterocycles. The molecule has 0 atom stereocenters. The summed E-state index contributed by atoms with van der Waals surface area (Å²) in [6.07, 6.45) is 6.80. The van der Waals surface area contributed by atoms with Crippen LogP contribution in [0.1, 0.15) is 44.9 Å². The molecule has 116 valence electrons. The lowest BCUT2D eigenvalue weighted by molar-refractivity contribution is -0.136. The molecule has 3 N–H and O–H groups in total. The lowest BCUT2D eigenvalue weighted by Gasteiger charge is -2.37. The van der Waals surface area contributed by atoms with E-state index in [9.17, 15) is 9.59 Å². The topological polar surface area (TPSA) is 87.7 Å². The Bertz CT molecular complexity index is 314. The molecule has 0 unspecified atom stereocenters. The Hall–Kier alpha value is -1.30. The number of carbonyl (C=O) groups is 2. The number of ether oxygens (including phenoxy) is 1. The van der Waals surface area contributed by atoms with Crippen LogP contribution in [0.4, 0.5) is 4.79 Å². The predicted octanol–water partition coefficient (Wildman–Crippen LogP) is 1.75. The number of carboxylic acid groups (broad SMARTS) is 1. The Morgan fingerprint density at radius 1 is 1.20 bits per heavy atom. The quantitative estimate of drug-likeness (QED) is 0.634. The molecule has 1 saturated carbocycles. The van der Waals surface area contributed by atoms with Crippen LogP contribution in [0.2, 0.25) is 0 Å². The lowest BCUT2D eigenvalue weighted by Crippen LogP contribution is -2.44. The third kappa shape index (κ3) is 6.23. The maximum absolute atomic E-state index is 11.6. The largest absolute Gasteiger partial charge is 0.481 e. The molecule has 0 radical (unpaired) electrons. The first-order chi connectivity index (χ1) is 9.58. The summed E-state index contributed by atoms with van der Waals surface area (Å²) < 4.78 is 5.17. The molecule has 0 spiro atoms. The number of rotatable bonds is 8. The molecule has 1 rings (SSSR count). The highest BCUT2D eigenvalue weighted by atomic mass is 16.5. The van der Waals surface area contributed by atoms with Gasteiger partial charge in [0.2, 0.25) is 0 Å². The van der Waals surface area contributed by atoms with E-state index in [-0.39, 0.29) is 24.4 Å². The number of urea groups is 1. The first-order valence-corrected chi connectivity index (χ1v) is 7.30. The third-order valence-electron chi connectivity index (χ3n) is 4.00. The van der Waals surface area contributed by atoms with E-state index in [2.05, 4.69) is 10.6 Å². The van der Waals surface area contributed by atoms with Gasteiger partial charge in [0.15, 0.2) is 0 Å². The minimum absolute atomic E-state index is 0.0533. The van der Waals surface area contributed by atoms with E-state index in [1.165, 1.54) is 19.3 Å². The fraction of sp³-hybridized carbons (Fsp3) is 0.857. The first-order valence-electron chi connectivity index (χ1n) is 7.30. The molecule has 20 heavy (non-hydrogen) atoms. The summed E-state index contributed by atoms with van der Waals surface area (Å²) in [6, 6.07) is -0.284. The fourth-order valence-corrected chi connectivity index (χ4v) is 2.75. The van der Waals surface area contributed by atoms with Crippen LogP contribution in [0.5, 0.6) is 0 Å². The van der Waals surface area contributed by atoms with Crippen LogP contribution >= 0.6 is 0 Å². The van der Waals surface area contributed by atoms with Gasteiger partial charge in [-0.2, -0.15) is 0 Å². The van der Waals surface area contributed by atoms with Gasteiger partial charge in [0.1, 0.15) is 0 Å². The maximum atomic E-state index is 11.6. The summed E-state index contributed by atoms with van der Waals surface area (Å²) in [7, 11) is 1.70. The van der Waals surface area contributed by atoms with Crippen LogP contribution in [0.25, 0.3) is 0 Å². The van der Waals surface area contributed by atoms with Gasteiger partial charge in [-0.3, -0.25) is 4.79 Å². The molecular formula is C14H26N2O4. The maximum Gasteiger partial charge on any atom is 0.314 e. The molecule has 0 heterocycles. The molecule has 2 amide bonds. The average molecular weight is 286 g/mol. The fourth-order valence-electron chi connectivity index (χ4n) is 2.75. The molecular weight excluding hydrogens is 260 g/mol. The molecule has 1 aliphatic rings. The first kappa shape index (κ1) is 16.8. The van der Waals surface area contributed by atoms with Gasteiger partial charge in [0.25, 0.3) is 0 Å². The van der Waals surface area contributed by atoms with Crippen LogP contribution < -0.4 is 10.6 Å². The highest BCUT2D eigenvalue weighted by molar-refractivity contribution is 5.75. The van der Waals surface area contributed by atoms with Gasteiger partial charge in [-0.05, 0) is 24.7 Å². The summed E-state index contributed by atoms with van der Waals surface area (Å²) in [6.45, 7) is 1.50. The van der Waals surface area contributed by atoms with Crippen molar-refractivity contribution in [1.29, 1.82) is 0 Å². The number of methoxy groups -OCH3 is 1. The van der Waals surface area contributed by atoms with Crippen molar-refractivity contribution in [2.75, 3.05) is 26.8 Å². The van der Waals surface area contributed by atoms with Crippen LogP contribution in [0.3, 0.4) is 0 Å². The van der Waals surface area contributed by atoms with Crippen molar-refractivity contribution in [3.05, 3.63) is 0 Å². The zero-order chi connectivity index (χ0) is 14.8. The van der Waals surface area contributed by atoms with Crippen molar-refractivity contribution in [3.8, 4) is 0 Å². The third-order valence-corrected chi connectivity index (χ3v) is 4.00. The average Bonchev–Trinajstić information content (AvgIpc) is 2.44. The molecule has 0 aromatic rings. The van der Waals surface area contributed by atoms with Crippen molar-refractivity contribution < 1.29 is 19.4 Å². The SMILES string of the molecule is COCCC1(CNC(=O)NCCC(=O)O)CCCCC1. The molecule has 6 nitrogen and oxygen atoms in total. The molecule has 0 aromatic heterocycles. The summed E-state index contributed by atoms with van der Waals surface area (Å²) in [5.74, 6) is -0.908. The van der Waals surface area contributed by atoms with Crippen LogP contribution in [0.15, 0.2) is 0 Å². The Morgan fingerprint density at radius 3 is 2.50 bits per heavy atom. The number of aliphatic carboxylic acids is 1. The van der Waals surface area contributed by atoms with Gasteiger partial charge in [-0.1, -0.05) is 19.3 Å². The zero-order valence-electron chi connectivity index (χ0n) is 12.2. The van der Waals surface area contributed by atoms with E-state index in [0.29, 0.717) is 13.2 Å². The number of hydrogen-bond acceptors (Lipinski definition) is 3. The van der Waals surface area contributed by atoms with Gasteiger partial charge in [0, 0.05) is 26.8 Å². The van der Waals surface area contributed by atoms with Gasteiger partial charge >= 0.3 is 12.0 Å². The zero-order valence-corrected chi connectivity index (χ0v) is 12.2. The van der Waals surface area contributed by atoms with E-state index < -0.39 is 5.97 Å². The number of carbonyl (C=O) groups excluding carboxylic acids is 1. The Kier molecular flexibility index (Phi) is 7.36. The molecule has 0 aliphatic heterocycles. The van der Waals surface area contributed by atoms with Crippen molar-refractivity contribution in [3.63, 3.8) is 0 Å². The Morgan fingerprint density at radius 2 is 1.90 bits per heavy atom. The summed E-state index contributed by atoms with van der Waals surface area (Å²) in [5.41, 5.74) is 0.137. The van der Waals surface area contributed by atoms with E-state index in [1.54, 1.807) is 7.11 Å². The van der Waals surface area contributed by atoms with Crippen LogP contribution in [-0.4, -0.2) is 43.9 Å². The second-order valence-electron chi connectivity index (χ2n) is 5.56. The van der Waals surface area contributed by atoms with E-state index in [0.717, 1.165) is 19.3 Å². The highest BCUT2D eigenvalue weighted by Crippen LogP contribution is 2.38. The van der Waals surface area contributed by atoms with Gasteiger partial charge < -0.3 is 20.5 Å². The van der Waals surface area contributed by atoms with Crippen LogP contribution in [-0.2, 0) is 9.53 Å².